The number of benzene rings is 1. The highest BCUT2D eigenvalue weighted by Crippen LogP contribution is 2.19. The Kier molecular flexibility index (Phi) is 5.92. The molecule has 0 aliphatic heterocycles. The molecule has 2 atom stereocenters. The average molecular weight is 280 g/mol. The van der Waals surface area contributed by atoms with Gasteiger partial charge in [0, 0.05) is 26.6 Å². The fraction of sp³-hybridized carbons (Fsp3) is 0.429. The zero-order valence-corrected chi connectivity index (χ0v) is 12.3. The molecule has 0 aromatic heterocycles. The van der Waals surface area contributed by atoms with Gasteiger partial charge in [0.05, 0.1) is 4.99 Å². The van der Waals surface area contributed by atoms with E-state index < -0.39 is 6.10 Å². The molecule has 1 aromatic rings. The van der Waals surface area contributed by atoms with Crippen LogP contribution in [0.5, 0.6) is 0 Å². The Morgan fingerprint density at radius 3 is 2.47 bits per heavy atom. The van der Waals surface area contributed by atoms with Gasteiger partial charge in [0.15, 0.2) is 6.10 Å². The summed E-state index contributed by atoms with van der Waals surface area (Å²) in [6.07, 6.45) is -0.593. The van der Waals surface area contributed by atoms with Crippen molar-refractivity contribution in [1.29, 1.82) is 0 Å². The van der Waals surface area contributed by atoms with Crippen LogP contribution in [0.25, 0.3) is 0 Å². The van der Waals surface area contributed by atoms with E-state index in [1.165, 1.54) is 7.11 Å². The van der Waals surface area contributed by atoms with Crippen molar-refractivity contribution in [1.82, 2.24) is 4.90 Å². The molecular formula is C14H20N2O2S. The fourth-order valence-corrected chi connectivity index (χ4v) is 1.87. The molecule has 19 heavy (non-hydrogen) atoms. The first-order valence-corrected chi connectivity index (χ1v) is 6.50. The van der Waals surface area contributed by atoms with E-state index in [4.69, 9.17) is 22.7 Å². The topological polar surface area (TPSA) is 55.6 Å². The molecule has 0 radical (unpaired) electrons. The molecule has 2 N–H and O–H groups in total. The number of thiocarbonyl (C=S) groups is 1. The first-order valence-electron chi connectivity index (χ1n) is 6.09. The number of carbonyl (C=O) groups excluding carboxylic acids is 1. The Labute approximate surface area is 119 Å². The molecule has 0 heterocycles. The molecule has 0 aliphatic rings. The molecule has 2 unspecified atom stereocenters. The highest BCUT2D eigenvalue weighted by atomic mass is 32.1. The highest BCUT2D eigenvalue weighted by molar-refractivity contribution is 7.80. The van der Waals surface area contributed by atoms with E-state index in [0.717, 1.165) is 5.56 Å². The van der Waals surface area contributed by atoms with Crippen LogP contribution in [0, 0.1) is 5.92 Å². The molecule has 0 aliphatic carbocycles. The Morgan fingerprint density at radius 1 is 1.42 bits per heavy atom. The number of nitrogens with zero attached hydrogens (tertiary/aromatic N) is 1. The second-order valence-electron chi connectivity index (χ2n) is 4.55. The van der Waals surface area contributed by atoms with Gasteiger partial charge in [0.25, 0.3) is 5.91 Å². The second-order valence-corrected chi connectivity index (χ2v) is 5.02. The van der Waals surface area contributed by atoms with Gasteiger partial charge in [-0.3, -0.25) is 4.79 Å². The van der Waals surface area contributed by atoms with Gasteiger partial charge >= 0.3 is 0 Å². The Morgan fingerprint density at radius 2 is 2.00 bits per heavy atom. The van der Waals surface area contributed by atoms with Crippen molar-refractivity contribution in [3.05, 3.63) is 35.9 Å². The van der Waals surface area contributed by atoms with Crippen LogP contribution in [0.4, 0.5) is 0 Å². The first-order chi connectivity index (χ1) is 8.97. The fourth-order valence-electron chi connectivity index (χ4n) is 1.80. The lowest BCUT2D eigenvalue weighted by Gasteiger charge is -2.25. The van der Waals surface area contributed by atoms with Gasteiger partial charge in [0.1, 0.15) is 0 Å². The lowest BCUT2D eigenvalue weighted by molar-refractivity contribution is -0.141. The monoisotopic (exact) mass is 280 g/mol. The van der Waals surface area contributed by atoms with E-state index in [0.29, 0.717) is 11.5 Å². The molecule has 0 saturated heterocycles. The molecule has 0 saturated carbocycles. The molecule has 104 valence electrons. The summed E-state index contributed by atoms with van der Waals surface area (Å²) in [7, 11) is 3.26. The maximum atomic E-state index is 12.3. The van der Waals surface area contributed by atoms with Crippen LogP contribution < -0.4 is 5.73 Å². The maximum absolute atomic E-state index is 12.3. The minimum atomic E-state index is -0.593. The van der Waals surface area contributed by atoms with Crippen LogP contribution >= 0.6 is 12.2 Å². The van der Waals surface area contributed by atoms with E-state index in [-0.39, 0.29) is 11.8 Å². The summed E-state index contributed by atoms with van der Waals surface area (Å²) >= 11 is 4.92. The molecule has 5 heteroatoms. The summed E-state index contributed by atoms with van der Waals surface area (Å²) in [5.74, 6) is -0.117. The summed E-state index contributed by atoms with van der Waals surface area (Å²) < 4.78 is 5.31. The van der Waals surface area contributed by atoms with Crippen molar-refractivity contribution in [2.24, 2.45) is 11.7 Å². The van der Waals surface area contributed by atoms with Gasteiger partial charge in [-0.1, -0.05) is 49.5 Å². The summed E-state index contributed by atoms with van der Waals surface area (Å²) in [5.41, 5.74) is 6.40. The Bertz CT molecular complexity index is 436. The van der Waals surface area contributed by atoms with E-state index in [1.54, 1.807) is 11.9 Å². The zero-order chi connectivity index (χ0) is 14.4. The van der Waals surface area contributed by atoms with Crippen LogP contribution in [0.1, 0.15) is 18.6 Å². The number of amides is 1. The lowest BCUT2D eigenvalue weighted by Crippen LogP contribution is -2.38. The molecule has 1 aromatic carbocycles. The molecule has 1 rings (SSSR count). The molecule has 1 amide bonds. The van der Waals surface area contributed by atoms with Gasteiger partial charge in [-0.25, -0.2) is 0 Å². The van der Waals surface area contributed by atoms with Crippen LogP contribution in [0.3, 0.4) is 0 Å². The summed E-state index contributed by atoms with van der Waals surface area (Å²) in [6.45, 7) is 2.39. The molecule has 0 fully saturated rings. The Balaban J connectivity index is 2.77. The third kappa shape index (κ3) is 4.29. The number of methoxy groups -OCH3 is 1. The summed E-state index contributed by atoms with van der Waals surface area (Å²) in [4.78, 5) is 14.4. The van der Waals surface area contributed by atoms with Crippen molar-refractivity contribution in [3.8, 4) is 0 Å². The maximum Gasteiger partial charge on any atom is 0.256 e. The van der Waals surface area contributed by atoms with E-state index in [1.807, 2.05) is 37.3 Å². The number of hydrogen-bond donors (Lipinski definition) is 1. The second kappa shape index (κ2) is 7.21. The van der Waals surface area contributed by atoms with E-state index in [9.17, 15) is 4.79 Å². The van der Waals surface area contributed by atoms with Crippen molar-refractivity contribution in [2.45, 2.75) is 13.0 Å². The van der Waals surface area contributed by atoms with Crippen LogP contribution in [0.2, 0.25) is 0 Å². The standard InChI is InChI=1S/C14H20N2O2S/c1-10(13(15)19)9-16(2)14(17)12(18-3)11-7-5-4-6-8-11/h4-8,10,12H,9H2,1-3H3,(H2,15,19). The summed E-state index contributed by atoms with van der Waals surface area (Å²) in [6, 6.07) is 9.41. The molecule has 4 nitrogen and oxygen atoms in total. The molecular weight excluding hydrogens is 260 g/mol. The quantitative estimate of drug-likeness (QED) is 0.807. The minimum Gasteiger partial charge on any atom is -0.393 e. The zero-order valence-electron chi connectivity index (χ0n) is 11.5. The van der Waals surface area contributed by atoms with Gasteiger partial charge in [-0.05, 0) is 5.56 Å². The van der Waals surface area contributed by atoms with Crippen LogP contribution in [0.15, 0.2) is 30.3 Å². The number of ether oxygens (including phenoxy) is 1. The largest absolute Gasteiger partial charge is 0.393 e. The van der Waals surface area contributed by atoms with Crippen molar-refractivity contribution < 1.29 is 9.53 Å². The highest BCUT2D eigenvalue weighted by Gasteiger charge is 2.24. The van der Waals surface area contributed by atoms with Crippen LogP contribution in [-0.4, -0.2) is 36.5 Å². The normalized spacial score (nSPS) is 13.6. The molecule has 0 spiro atoms. The average Bonchev–Trinajstić information content (AvgIpc) is 2.40. The van der Waals surface area contributed by atoms with E-state index in [2.05, 4.69) is 0 Å². The molecule has 0 bridgehead atoms. The van der Waals surface area contributed by atoms with Crippen molar-refractivity contribution in [3.63, 3.8) is 0 Å². The van der Waals surface area contributed by atoms with E-state index >= 15 is 0 Å². The van der Waals surface area contributed by atoms with Crippen molar-refractivity contribution >= 4 is 23.1 Å². The number of rotatable bonds is 6. The third-order valence-corrected chi connectivity index (χ3v) is 3.37. The number of carbonyl (C=O) groups is 1. The van der Waals surface area contributed by atoms with Crippen LogP contribution in [-0.2, 0) is 9.53 Å². The first kappa shape index (κ1) is 15.6. The third-order valence-electron chi connectivity index (χ3n) is 2.97. The SMILES string of the molecule is COC(C(=O)N(C)CC(C)C(N)=S)c1ccccc1. The predicted octanol–water partition coefficient (Wildman–Crippen LogP) is 1.75. The summed E-state index contributed by atoms with van der Waals surface area (Å²) in [5, 5.41) is 0. The minimum absolute atomic E-state index is 0.0165. The smallest absolute Gasteiger partial charge is 0.256 e. The van der Waals surface area contributed by atoms with Gasteiger partial charge in [0.2, 0.25) is 0 Å². The number of likely N-dealkylation sites (N-methyl/N-ethyl adjacent to an activating group) is 1. The van der Waals surface area contributed by atoms with Gasteiger partial charge in [-0.2, -0.15) is 0 Å². The number of nitrogens with two attached hydrogens (primary N) is 1. The number of hydrogen-bond acceptors (Lipinski definition) is 3. The predicted molar refractivity (Wildman–Crippen MR) is 79.8 cm³/mol. The van der Waals surface area contributed by atoms with Gasteiger partial charge in [-0.15, -0.1) is 0 Å². The Hall–Kier alpha value is -1.46. The van der Waals surface area contributed by atoms with Crippen molar-refractivity contribution in [2.75, 3.05) is 20.7 Å². The van der Waals surface area contributed by atoms with Gasteiger partial charge < -0.3 is 15.4 Å². The lowest BCUT2D eigenvalue weighted by atomic mass is 10.1.